The van der Waals surface area contributed by atoms with E-state index in [2.05, 4.69) is 5.32 Å². The maximum absolute atomic E-state index is 13.0. The number of anilines is 2. The molecule has 0 aliphatic carbocycles. The van der Waals surface area contributed by atoms with Crippen molar-refractivity contribution < 1.29 is 28.7 Å². The summed E-state index contributed by atoms with van der Waals surface area (Å²) in [6.45, 7) is 1.74. The molecule has 0 unspecified atom stereocenters. The fourth-order valence-electron chi connectivity index (χ4n) is 3.55. The minimum Gasteiger partial charge on any atom is -0.494 e. The Morgan fingerprint density at radius 2 is 1.69 bits per heavy atom. The molecule has 1 aliphatic rings. The Morgan fingerprint density at radius 1 is 0.971 bits per heavy atom. The number of hydrogen-bond donors (Lipinski definition) is 1. The SMILES string of the molecule is CCOc1ccc(N2C(=O)c3ccc(C(=O)OCC(=O)Nc4ccccc4C#N)cc3C2=O)cc1. The van der Waals surface area contributed by atoms with Crippen LogP contribution in [0.15, 0.2) is 66.7 Å². The van der Waals surface area contributed by atoms with E-state index in [9.17, 15) is 19.2 Å². The summed E-state index contributed by atoms with van der Waals surface area (Å²) in [7, 11) is 0. The summed E-state index contributed by atoms with van der Waals surface area (Å²) in [5.41, 5.74) is 1.18. The van der Waals surface area contributed by atoms with Crippen molar-refractivity contribution in [3.05, 3.63) is 89.0 Å². The molecule has 0 spiro atoms. The number of amides is 3. The monoisotopic (exact) mass is 469 g/mol. The molecule has 1 N–H and O–H groups in total. The van der Waals surface area contributed by atoms with Gasteiger partial charge in [0.25, 0.3) is 17.7 Å². The molecule has 174 valence electrons. The highest BCUT2D eigenvalue weighted by Crippen LogP contribution is 2.30. The van der Waals surface area contributed by atoms with Crippen LogP contribution in [0.5, 0.6) is 5.75 Å². The van der Waals surface area contributed by atoms with Crippen LogP contribution in [0.3, 0.4) is 0 Å². The summed E-state index contributed by atoms with van der Waals surface area (Å²) in [6, 6.07) is 18.9. The molecule has 0 saturated carbocycles. The van der Waals surface area contributed by atoms with Gasteiger partial charge in [-0.15, -0.1) is 0 Å². The van der Waals surface area contributed by atoms with Crippen LogP contribution in [-0.2, 0) is 9.53 Å². The minimum atomic E-state index is -0.837. The van der Waals surface area contributed by atoms with E-state index < -0.39 is 30.3 Å². The number of nitrogens with one attached hydrogen (secondary N) is 1. The largest absolute Gasteiger partial charge is 0.494 e. The molecular weight excluding hydrogens is 450 g/mol. The minimum absolute atomic E-state index is 0.0173. The standard InChI is InChI=1S/C26H19N3O6/c1-2-34-19-10-8-18(9-11-19)29-24(31)20-12-7-16(13-21(20)25(29)32)26(33)35-15-23(30)28-22-6-4-3-5-17(22)14-27/h3-13H,2,15H2,1H3,(H,28,30). The zero-order chi connectivity index (χ0) is 24.9. The molecule has 1 heterocycles. The highest BCUT2D eigenvalue weighted by molar-refractivity contribution is 6.34. The van der Waals surface area contributed by atoms with Crippen molar-refractivity contribution in [2.45, 2.75) is 6.92 Å². The van der Waals surface area contributed by atoms with Crippen LogP contribution < -0.4 is 15.0 Å². The predicted molar refractivity (Wildman–Crippen MR) is 125 cm³/mol. The lowest BCUT2D eigenvalue weighted by molar-refractivity contribution is -0.119. The lowest BCUT2D eigenvalue weighted by atomic mass is 10.1. The van der Waals surface area contributed by atoms with E-state index in [-0.39, 0.29) is 22.3 Å². The molecule has 3 aromatic carbocycles. The van der Waals surface area contributed by atoms with Crippen molar-refractivity contribution in [1.29, 1.82) is 5.26 Å². The smallest absolute Gasteiger partial charge is 0.338 e. The second kappa shape index (κ2) is 9.89. The van der Waals surface area contributed by atoms with Gasteiger partial charge in [0, 0.05) is 0 Å². The fraction of sp³-hybridized carbons (Fsp3) is 0.115. The van der Waals surface area contributed by atoms with E-state index in [4.69, 9.17) is 14.7 Å². The Balaban J connectivity index is 1.44. The number of esters is 1. The summed E-state index contributed by atoms with van der Waals surface area (Å²) in [5.74, 6) is -1.94. The molecule has 0 radical (unpaired) electrons. The summed E-state index contributed by atoms with van der Waals surface area (Å²) in [4.78, 5) is 51.4. The summed E-state index contributed by atoms with van der Waals surface area (Å²) in [6.07, 6.45) is 0. The first kappa shape index (κ1) is 23.2. The van der Waals surface area contributed by atoms with Crippen LogP contribution >= 0.6 is 0 Å². The van der Waals surface area contributed by atoms with Crippen LogP contribution in [0.2, 0.25) is 0 Å². The number of nitriles is 1. The van der Waals surface area contributed by atoms with Crippen molar-refractivity contribution in [3.63, 3.8) is 0 Å². The van der Waals surface area contributed by atoms with Crippen molar-refractivity contribution in [2.24, 2.45) is 0 Å². The van der Waals surface area contributed by atoms with Gasteiger partial charge in [0.05, 0.1) is 40.2 Å². The first-order valence-corrected chi connectivity index (χ1v) is 10.6. The topological polar surface area (TPSA) is 126 Å². The molecule has 0 atom stereocenters. The van der Waals surface area contributed by atoms with Crippen molar-refractivity contribution in [2.75, 3.05) is 23.4 Å². The molecule has 0 saturated heterocycles. The van der Waals surface area contributed by atoms with Crippen molar-refractivity contribution >= 4 is 35.1 Å². The number of fused-ring (bicyclic) bond motifs is 1. The zero-order valence-electron chi connectivity index (χ0n) is 18.6. The zero-order valence-corrected chi connectivity index (χ0v) is 18.6. The van der Waals surface area contributed by atoms with E-state index >= 15 is 0 Å². The van der Waals surface area contributed by atoms with Crippen molar-refractivity contribution in [3.8, 4) is 11.8 Å². The fourth-order valence-corrected chi connectivity index (χ4v) is 3.55. The normalized spacial score (nSPS) is 12.1. The number of nitrogens with zero attached hydrogens (tertiary/aromatic N) is 2. The van der Waals surface area contributed by atoms with Crippen molar-refractivity contribution in [1.82, 2.24) is 0 Å². The van der Waals surface area contributed by atoms with Gasteiger partial charge >= 0.3 is 5.97 Å². The molecule has 3 amide bonds. The Labute approximate surface area is 200 Å². The number of carbonyl (C=O) groups excluding carboxylic acids is 4. The molecule has 0 fully saturated rings. The molecule has 0 bridgehead atoms. The van der Waals surface area contributed by atoms with Crippen LogP contribution in [0.4, 0.5) is 11.4 Å². The Bertz CT molecular complexity index is 1370. The lowest BCUT2D eigenvalue weighted by Crippen LogP contribution is -2.29. The number of rotatable bonds is 7. The number of benzene rings is 3. The van der Waals surface area contributed by atoms with Gasteiger partial charge in [-0.05, 0) is 61.5 Å². The summed E-state index contributed by atoms with van der Waals surface area (Å²) in [5, 5.41) is 11.6. The molecule has 0 aromatic heterocycles. The quantitative estimate of drug-likeness (QED) is 0.414. The van der Waals surface area contributed by atoms with Crippen LogP contribution in [0.25, 0.3) is 0 Å². The maximum Gasteiger partial charge on any atom is 0.338 e. The Morgan fingerprint density at radius 3 is 2.40 bits per heavy atom. The maximum atomic E-state index is 13.0. The van der Waals surface area contributed by atoms with Gasteiger partial charge in [0.2, 0.25) is 0 Å². The number of carbonyl (C=O) groups is 4. The van der Waals surface area contributed by atoms with Gasteiger partial charge in [-0.3, -0.25) is 14.4 Å². The third-order valence-electron chi connectivity index (χ3n) is 5.18. The van der Waals surface area contributed by atoms with Gasteiger partial charge in [-0.2, -0.15) is 5.26 Å². The highest BCUT2D eigenvalue weighted by atomic mass is 16.5. The van der Waals surface area contributed by atoms with Crippen LogP contribution in [0.1, 0.15) is 43.6 Å². The molecule has 1 aliphatic heterocycles. The Hall–Kier alpha value is -4.97. The van der Waals surface area contributed by atoms with Crippen LogP contribution in [-0.4, -0.2) is 36.9 Å². The highest BCUT2D eigenvalue weighted by Gasteiger charge is 2.37. The van der Waals surface area contributed by atoms with Gasteiger partial charge in [0.1, 0.15) is 11.8 Å². The summed E-state index contributed by atoms with van der Waals surface area (Å²) >= 11 is 0. The number of ether oxygens (including phenoxy) is 2. The van der Waals surface area contributed by atoms with E-state index in [0.717, 1.165) is 4.90 Å². The van der Waals surface area contributed by atoms with Gasteiger partial charge in [-0.1, -0.05) is 12.1 Å². The summed E-state index contributed by atoms with van der Waals surface area (Å²) < 4.78 is 10.4. The molecule has 35 heavy (non-hydrogen) atoms. The third kappa shape index (κ3) is 4.72. The van der Waals surface area contributed by atoms with E-state index in [1.807, 2.05) is 13.0 Å². The Kier molecular flexibility index (Phi) is 6.55. The van der Waals surface area contributed by atoms with E-state index in [1.54, 1.807) is 48.5 Å². The molecule has 3 aromatic rings. The average Bonchev–Trinajstić information content (AvgIpc) is 3.12. The molecule has 4 rings (SSSR count). The van der Waals surface area contributed by atoms with E-state index in [0.29, 0.717) is 23.7 Å². The third-order valence-corrected chi connectivity index (χ3v) is 5.18. The van der Waals surface area contributed by atoms with Gasteiger partial charge in [0.15, 0.2) is 6.61 Å². The number of hydrogen-bond acceptors (Lipinski definition) is 7. The molecular formula is C26H19N3O6. The molecule has 9 heteroatoms. The first-order valence-electron chi connectivity index (χ1n) is 10.6. The van der Waals surface area contributed by atoms with Gasteiger partial charge in [-0.25, -0.2) is 9.69 Å². The second-order valence-electron chi connectivity index (χ2n) is 7.41. The predicted octanol–water partition coefficient (Wildman–Crippen LogP) is 3.55. The second-order valence-corrected chi connectivity index (χ2v) is 7.41. The average molecular weight is 469 g/mol. The van der Waals surface area contributed by atoms with Crippen LogP contribution in [0, 0.1) is 11.3 Å². The number of para-hydroxylation sites is 1. The lowest BCUT2D eigenvalue weighted by Gasteiger charge is -2.14. The number of imide groups is 1. The first-order chi connectivity index (χ1) is 16.9. The van der Waals surface area contributed by atoms with E-state index in [1.165, 1.54) is 18.2 Å². The molecule has 9 nitrogen and oxygen atoms in total. The van der Waals surface area contributed by atoms with Gasteiger partial charge < -0.3 is 14.8 Å².